The number of nitrogens with zero attached hydrogens (tertiary/aromatic N) is 2. The number of halogens is 5. The predicted octanol–water partition coefficient (Wildman–Crippen LogP) is 4.85. The number of hydrogen-bond acceptors (Lipinski definition) is 3. The maximum absolute atomic E-state index is 12.6. The summed E-state index contributed by atoms with van der Waals surface area (Å²) in [4.78, 5) is 6.54. The Balaban J connectivity index is 2.42. The molecular formula is C12H8Cl2F3N3. The lowest BCUT2D eigenvalue weighted by Gasteiger charge is -2.12. The summed E-state index contributed by atoms with van der Waals surface area (Å²) in [5.74, 6) is -1.38. The fourth-order valence-electron chi connectivity index (χ4n) is 1.53. The summed E-state index contributed by atoms with van der Waals surface area (Å²) in [6.45, 7) is 1.77. The van der Waals surface area contributed by atoms with Gasteiger partial charge in [-0.1, -0.05) is 35.3 Å². The number of aryl methyl sites for hydroxylation is 1. The molecule has 20 heavy (non-hydrogen) atoms. The van der Waals surface area contributed by atoms with Crippen LogP contribution in [0, 0.1) is 6.92 Å². The molecule has 1 aromatic carbocycles. The molecule has 1 N–H and O–H groups in total. The number of rotatable bonds is 2. The molecule has 8 heteroatoms. The van der Waals surface area contributed by atoms with Crippen molar-refractivity contribution in [3.8, 4) is 0 Å². The Kier molecular flexibility index (Phi) is 4.06. The van der Waals surface area contributed by atoms with Crippen LogP contribution < -0.4 is 5.32 Å². The Morgan fingerprint density at radius 2 is 1.85 bits per heavy atom. The van der Waals surface area contributed by atoms with Gasteiger partial charge in [0.1, 0.15) is 11.0 Å². The molecule has 0 aliphatic rings. The van der Waals surface area contributed by atoms with E-state index in [4.69, 9.17) is 23.2 Å². The molecule has 0 unspecified atom stereocenters. The van der Waals surface area contributed by atoms with E-state index in [2.05, 4.69) is 15.3 Å². The van der Waals surface area contributed by atoms with Gasteiger partial charge in [0.2, 0.25) is 5.82 Å². The van der Waals surface area contributed by atoms with E-state index in [-0.39, 0.29) is 11.0 Å². The van der Waals surface area contributed by atoms with E-state index in [0.29, 0.717) is 10.7 Å². The van der Waals surface area contributed by atoms with Crippen LogP contribution in [0.5, 0.6) is 0 Å². The van der Waals surface area contributed by atoms with Crippen molar-refractivity contribution in [3.05, 3.63) is 45.8 Å². The maximum atomic E-state index is 12.6. The van der Waals surface area contributed by atoms with Crippen LogP contribution in [0.3, 0.4) is 0 Å². The molecule has 1 aromatic heterocycles. The standard InChI is InChI=1S/C12H8Cl2F3N3/c1-6-3-2-4-7(13)10(6)19-9-5-8(14)18-11(20-9)12(15,16)17/h2-5H,1H3,(H,18,19,20). The highest BCUT2D eigenvalue weighted by Crippen LogP contribution is 2.31. The number of aromatic nitrogens is 2. The topological polar surface area (TPSA) is 37.8 Å². The summed E-state index contributed by atoms with van der Waals surface area (Å²) in [6.07, 6.45) is -4.67. The minimum absolute atomic E-state index is 0.0754. The van der Waals surface area contributed by atoms with Gasteiger partial charge in [-0.25, -0.2) is 9.97 Å². The predicted molar refractivity (Wildman–Crippen MR) is 71.5 cm³/mol. The van der Waals surface area contributed by atoms with Gasteiger partial charge >= 0.3 is 6.18 Å². The fourth-order valence-corrected chi connectivity index (χ4v) is 1.98. The second kappa shape index (κ2) is 5.46. The second-order valence-electron chi connectivity index (χ2n) is 3.95. The highest BCUT2D eigenvalue weighted by atomic mass is 35.5. The zero-order valence-corrected chi connectivity index (χ0v) is 11.6. The summed E-state index contributed by atoms with van der Waals surface area (Å²) < 4.78 is 37.8. The molecule has 3 nitrogen and oxygen atoms in total. The van der Waals surface area contributed by atoms with Crippen LogP contribution in [0.4, 0.5) is 24.7 Å². The highest BCUT2D eigenvalue weighted by Gasteiger charge is 2.35. The molecule has 1 heterocycles. The van der Waals surface area contributed by atoms with E-state index < -0.39 is 12.0 Å². The summed E-state index contributed by atoms with van der Waals surface area (Å²) in [5, 5.41) is 2.79. The first kappa shape index (κ1) is 14.9. The van der Waals surface area contributed by atoms with Crippen molar-refractivity contribution in [2.24, 2.45) is 0 Å². The molecule has 0 fully saturated rings. The summed E-state index contributed by atoms with van der Waals surface area (Å²) in [5.41, 5.74) is 1.23. The van der Waals surface area contributed by atoms with E-state index in [1.165, 1.54) is 6.07 Å². The molecule has 2 aromatic rings. The second-order valence-corrected chi connectivity index (χ2v) is 4.75. The minimum atomic E-state index is -4.67. The lowest BCUT2D eigenvalue weighted by Crippen LogP contribution is -2.12. The average Bonchev–Trinajstić information content (AvgIpc) is 2.32. The molecule has 106 valence electrons. The summed E-state index contributed by atoms with van der Waals surface area (Å²) >= 11 is 11.6. The minimum Gasteiger partial charge on any atom is -0.339 e. The number of anilines is 2. The lowest BCUT2D eigenvalue weighted by molar-refractivity contribution is -0.144. The van der Waals surface area contributed by atoms with E-state index in [1.807, 2.05) is 0 Å². The molecule has 0 spiro atoms. The summed E-state index contributed by atoms with van der Waals surface area (Å²) in [7, 11) is 0. The Morgan fingerprint density at radius 1 is 1.15 bits per heavy atom. The molecule has 0 amide bonds. The smallest absolute Gasteiger partial charge is 0.339 e. The Labute approximate surface area is 122 Å². The first-order valence-corrected chi connectivity index (χ1v) is 6.17. The van der Waals surface area contributed by atoms with Gasteiger partial charge in [0, 0.05) is 6.07 Å². The molecule has 2 rings (SSSR count). The van der Waals surface area contributed by atoms with E-state index in [0.717, 1.165) is 5.56 Å². The van der Waals surface area contributed by atoms with Crippen molar-refractivity contribution in [1.29, 1.82) is 0 Å². The lowest BCUT2D eigenvalue weighted by atomic mass is 10.2. The van der Waals surface area contributed by atoms with Gasteiger partial charge in [-0.15, -0.1) is 0 Å². The molecule has 0 radical (unpaired) electrons. The zero-order valence-electron chi connectivity index (χ0n) is 10.1. The SMILES string of the molecule is Cc1cccc(Cl)c1Nc1cc(Cl)nc(C(F)(F)F)n1. The normalized spacial score (nSPS) is 11.5. The number of alkyl halides is 3. The summed E-state index contributed by atoms with van der Waals surface area (Å²) in [6, 6.07) is 6.31. The van der Waals surface area contributed by atoms with Crippen molar-refractivity contribution in [3.63, 3.8) is 0 Å². The van der Waals surface area contributed by atoms with Crippen LogP contribution in [0.15, 0.2) is 24.3 Å². The highest BCUT2D eigenvalue weighted by molar-refractivity contribution is 6.33. The third-order valence-corrected chi connectivity index (χ3v) is 2.93. The Morgan fingerprint density at radius 3 is 2.45 bits per heavy atom. The van der Waals surface area contributed by atoms with E-state index in [1.54, 1.807) is 25.1 Å². The monoisotopic (exact) mass is 321 g/mol. The van der Waals surface area contributed by atoms with Gasteiger partial charge in [-0.3, -0.25) is 0 Å². The van der Waals surface area contributed by atoms with Gasteiger partial charge in [0.05, 0.1) is 10.7 Å². The van der Waals surface area contributed by atoms with Crippen molar-refractivity contribution in [2.75, 3.05) is 5.32 Å². The number of hydrogen-bond donors (Lipinski definition) is 1. The van der Waals surface area contributed by atoms with Crippen LogP contribution in [0.1, 0.15) is 11.4 Å². The molecule has 0 atom stereocenters. The molecule has 0 aliphatic carbocycles. The first-order valence-electron chi connectivity index (χ1n) is 5.41. The first-order chi connectivity index (χ1) is 9.27. The molecule has 0 saturated heterocycles. The van der Waals surface area contributed by atoms with Crippen LogP contribution in [0.25, 0.3) is 0 Å². The van der Waals surface area contributed by atoms with Crippen molar-refractivity contribution in [2.45, 2.75) is 13.1 Å². The third-order valence-electron chi connectivity index (χ3n) is 2.42. The van der Waals surface area contributed by atoms with Crippen molar-refractivity contribution in [1.82, 2.24) is 9.97 Å². The van der Waals surface area contributed by atoms with Gasteiger partial charge in [0.15, 0.2) is 0 Å². The third kappa shape index (κ3) is 3.32. The van der Waals surface area contributed by atoms with Gasteiger partial charge in [-0.2, -0.15) is 13.2 Å². The van der Waals surface area contributed by atoms with Crippen molar-refractivity contribution < 1.29 is 13.2 Å². The average molecular weight is 322 g/mol. The fraction of sp³-hybridized carbons (Fsp3) is 0.167. The van der Waals surface area contributed by atoms with Crippen LogP contribution in [-0.2, 0) is 6.18 Å². The molecule has 0 aliphatic heterocycles. The van der Waals surface area contributed by atoms with E-state index >= 15 is 0 Å². The largest absolute Gasteiger partial charge is 0.451 e. The van der Waals surface area contributed by atoms with Crippen LogP contribution >= 0.6 is 23.2 Å². The van der Waals surface area contributed by atoms with Crippen LogP contribution in [-0.4, -0.2) is 9.97 Å². The van der Waals surface area contributed by atoms with Crippen LogP contribution in [0.2, 0.25) is 10.2 Å². The quantitative estimate of drug-likeness (QED) is 0.803. The molecule has 0 saturated carbocycles. The Bertz CT molecular complexity index is 624. The maximum Gasteiger partial charge on any atom is 0.451 e. The van der Waals surface area contributed by atoms with E-state index in [9.17, 15) is 13.2 Å². The van der Waals surface area contributed by atoms with Gasteiger partial charge in [-0.05, 0) is 18.6 Å². The number of para-hydroxylation sites is 1. The molecule has 0 bridgehead atoms. The van der Waals surface area contributed by atoms with Gasteiger partial charge in [0.25, 0.3) is 0 Å². The Hall–Kier alpha value is -1.53. The van der Waals surface area contributed by atoms with Crippen molar-refractivity contribution >= 4 is 34.7 Å². The molecular weight excluding hydrogens is 314 g/mol. The number of benzene rings is 1. The zero-order chi connectivity index (χ0) is 14.9. The van der Waals surface area contributed by atoms with Gasteiger partial charge < -0.3 is 5.32 Å². The number of nitrogens with one attached hydrogen (secondary N) is 1.